The highest BCUT2D eigenvalue weighted by molar-refractivity contribution is 9.10. The lowest BCUT2D eigenvalue weighted by Gasteiger charge is -2.13. The van der Waals surface area contributed by atoms with Crippen molar-refractivity contribution in [1.29, 1.82) is 0 Å². The van der Waals surface area contributed by atoms with Gasteiger partial charge < -0.3 is 19.7 Å². The first-order chi connectivity index (χ1) is 9.12. The quantitative estimate of drug-likeness (QED) is 0.923. The van der Waals surface area contributed by atoms with E-state index in [1.165, 1.54) is 20.3 Å². The summed E-state index contributed by atoms with van der Waals surface area (Å²) in [5.41, 5.74) is 5.44. The predicted molar refractivity (Wildman–Crippen MR) is 68.4 cm³/mol. The van der Waals surface area contributed by atoms with E-state index in [9.17, 15) is 4.39 Å². The molecule has 8 heteroatoms. The molecule has 0 spiro atoms. The smallest absolute Gasteiger partial charge is 0.240 e. The molecule has 2 rings (SSSR count). The third-order valence-corrected chi connectivity index (χ3v) is 3.01. The Kier molecular flexibility index (Phi) is 4.01. The standard InChI is InChI=1S/C11H11BrFN3O3/c1-17-9-5(12)3-6(13)8(10(9)18-2)11-15-7(4-14)19-16-11/h3H,4,14H2,1-2H3. The summed E-state index contributed by atoms with van der Waals surface area (Å²) in [6.45, 7) is 0.0740. The van der Waals surface area contributed by atoms with Gasteiger partial charge in [-0.15, -0.1) is 0 Å². The Hall–Kier alpha value is -1.67. The van der Waals surface area contributed by atoms with E-state index in [1.54, 1.807) is 0 Å². The summed E-state index contributed by atoms with van der Waals surface area (Å²) in [5, 5.41) is 3.67. The van der Waals surface area contributed by atoms with Gasteiger partial charge in [0.2, 0.25) is 11.7 Å². The summed E-state index contributed by atoms with van der Waals surface area (Å²) in [4.78, 5) is 3.98. The Morgan fingerprint density at radius 2 is 2.05 bits per heavy atom. The van der Waals surface area contributed by atoms with Crippen LogP contribution in [0.5, 0.6) is 11.5 Å². The van der Waals surface area contributed by atoms with Crippen molar-refractivity contribution in [2.75, 3.05) is 14.2 Å². The van der Waals surface area contributed by atoms with Gasteiger partial charge in [-0.25, -0.2) is 4.39 Å². The van der Waals surface area contributed by atoms with Gasteiger partial charge in [0.25, 0.3) is 0 Å². The molecule has 2 N–H and O–H groups in total. The number of ether oxygens (including phenoxy) is 2. The van der Waals surface area contributed by atoms with E-state index in [0.29, 0.717) is 10.2 Å². The summed E-state index contributed by atoms with van der Waals surface area (Å²) in [7, 11) is 2.85. The van der Waals surface area contributed by atoms with Crippen molar-refractivity contribution < 1.29 is 18.4 Å². The summed E-state index contributed by atoms with van der Waals surface area (Å²) < 4.78 is 29.7. The lowest BCUT2D eigenvalue weighted by atomic mass is 10.1. The number of hydrogen-bond donors (Lipinski definition) is 1. The van der Waals surface area contributed by atoms with Crippen LogP contribution < -0.4 is 15.2 Å². The lowest BCUT2D eigenvalue weighted by Crippen LogP contribution is -1.99. The monoisotopic (exact) mass is 331 g/mol. The van der Waals surface area contributed by atoms with E-state index in [-0.39, 0.29) is 29.6 Å². The molecular weight excluding hydrogens is 321 g/mol. The highest BCUT2D eigenvalue weighted by Crippen LogP contribution is 2.43. The van der Waals surface area contributed by atoms with Gasteiger partial charge in [-0.1, -0.05) is 5.16 Å². The fourth-order valence-corrected chi connectivity index (χ4v) is 2.15. The van der Waals surface area contributed by atoms with Crippen molar-refractivity contribution in [1.82, 2.24) is 10.1 Å². The summed E-state index contributed by atoms with van der Waals surface area (Å²) in [5.74, 6) is 0.226. The third-order valence-electron chi connectivity index (χ3n) is 2.42. The molecule has 1 aromatic carbocycles. The highest BCUT2D eigenvalue weighted by Gasteiger charge is 2.24. The second-order valence-electron chi connectivity index (χ2n) is 3.50. The highest BCUT2D eigenvalue weighted by atomic mass is 79.9. The zero-order valence-corrected chi connectivity index (χ0v) is 11.8. The van der Waals surface area contributed by atoms with Crippen molar-refractivity contribution in [2.45, 2.75) is 6.54 Å². The Morgan fingerprint density at radius 3 is 2.58 bits per heavy atom. The number of benzene rings is 1. The summed E-state index contributed by atoms with van der Waals surface area (Å²) >= 11 is 3.20. The Balaban J connectivity index is 2.67. The third kappa shape index (κ3) is 2.41. The van der Waals surface area contributed by atoms with Gasteiger partial charge in [-0.3, -0.25) is 0 Å². The zero-order valence-electron chi connectivity index (χ0n) is 10.2. The van der Waals surface area contributed by atoms with E-state index in [2.05, 4.69) is 26.1 Å². The Labute approximate surface area is 116 Å². The molecule has 19 heavy (non-hydrogen) atoms. The van der Waals surface area contributed by atoms with Crippen LogP contribution in [0.15, 0.2) is 15.1 Å². The number of aromatic nitrogens is 2. The average Bonchev–Trinajstić information content (AvgIpc) is 2.86. The molecule has 0 saturated heterocycles. The van der Waals surface area contributed by atoms with Crippen LogP contribution in [0.3, 0.4) is 0 Å². The normalized spacial score (nSPS) is 10.6. The molecule has 0 amide bonds. The number of nitrogens with two attached hydrogens (primary N) is 1. The van der Waals surface area contributed by atoms with Crippen LogP contribution >= 0.6 is 15.9 Å². The molecule has 1 aromatic heterocycles. The van der Waals surface area contributed by atoms with Gasteiger partial charge in [0.1, 0.15) is 11.4 Å². The predicted octanol–water partition coefficient (Wildman–Crippen LogP) is 2.11. The minimum absolute atomic E-state index is 0.0561. The number of nitrogens with zero attached hydrogens (tertiary/aromatic N) is 2. The molecule has 0 aliphatic carbocycles. The SMILES string of the molecule is COc1c(Br)cc(F)c(-c2noc(CN)n2)c1OC. The molecule has 1 heterocycles. The van der Waals surface area contributed by atoms with Gasteiger partial charge in [0.05, 0.1) is 25.2 Å². The molecule has 2 aromatic rings. The van der Waals surface area contributed by atoms with E-state index in [0.717, 1.165) is 0 Å². The van der Waals surface area contributed by atoms with Crippen LogP contribution in [-0.4, -0.2) is 24.4 Å². The zero-order chi connectivity index (χ0) is 14.0. The van der Waals surface area contributed by atoms with Crippen molar-refractivity contribution in [3.05, 3.63) is 22.2 Å². The topological polar surface area (TPSA) is 83.4 Å². The Morgan fingerprint density at radius 1 is 1.37 bits per heavy atom. The molecule has 0 fully saturated rings. The number of hydrogen-bond acceptors (Lipinski definition) is 6. The largest absolute Gasteiger partial charge is 0.492 e. The maximum Gasteiger partial charge on any atom is 0.240 e. The fourth-order valence-electron chi connectivity index (χ4n) is 1.61. The average molecular weight is 332 g/mol. The van der Waals surface area contributed by atoms with Crippen LogP contribution in [0.1, 0.15) is 5.89 Å². The van der Waals surface area contributed by atoms with Crippen LogP contribution in [-0.2, 0) is 6.54 Å². The second-order valence-corrected chi connectivity index (χ2v) is 4.35. The van der Waals surface area contributed by atoms with E-state index >= 15 is 0 Å². The maximum absolute atomic E-state index is 14.1. The van der Waals surface area contributed by atoms with Crippen LogP contribution in [0.25, 0.3) is 11.4 Å². The molecule has 0 saturated carbocycles. The molecule has 102 valence electrons. The fraction of sp³-hybridized carbons (Fsp3) is 0.273. The molecule has 0 aliphatic rings. The van der Waals surface area contributed by atoms with Crippen molar-refractivity contribution in [3.8, 4) is 22.9 Å². The van der Waals surface area contributed by atoms with Crippen molar-refractivity contribution >= 4 is 15.9 Å². The van der Waals surface area contributed by atoms with Gasteiger partial charge in [-0.2, -0.15) is 4.98 Å². The molecule has 0 radical (unpaired) electrons. The molecule has 0 aliphatic heterocycles. The van der Waals surface area contributed by atoms with Crippen molar-refractivity contribution in [2.24, 2.45) is 5.73 Å². The first-order valence-corrected chi connectivity index (χ1v) is 6.04. The lowest BCUT2D eigenvalue weighted by molar-refractivity contribution is 0.351. The van der Waals surface area contributed by atoms with E-state index in [4.69, 9.17) is 19.7 Å². The minimum Gasteiger partial charge on any atom is -0.492 e. The van der Waals surface area contributed by atoms with Gasteiger partial charge >= 0.3 is 0 Å². The summed E-state index contributed by atoms with van der Waals surface area (Å²) in [6.07, 6.45) is 0. The molecule has 0 unspecified atom stereocenters. The number of methoxy groups -OCH3 is 2. The van der Waals surface area contributed by atoms with Gasteiger partial charge in [0.15, 0.2) is 11.5 Å². The molecule has 0 atom stereocenters. The molecule has 0 bridgehead atoms. The van der Waals surface area contributed by atoms with Crippen molar-refractivity contribution in [3.63, 3.8) is 0 Å². The molecular formula is C11H11BrFN3O3. The van der Waals surface area contributed by atoms with E-state index in [1.807, 2.05) is 0 Å². The first kappa shape index (κ1) is 13.8. The minimum atomic E-state index is -0.561. The van der Waals surface area contributed by atoms with Crippen LogP contribution in [0.4, 0.5) is 4.39 Å². The number of rotatable bonds is 4. The van der Waals surface area contributed by atoms with Gasteiger partial charge in [0, 0.05) is 0 Å². The van der Waals surface area contributed by atoms with Crippen LogP contribution in [0, 0.1) is 5.82 Å². The second kappa shape index (κ2) is 5.54. The maximum atomic E-state index is 14.1. The molecule has 6 nitrogen and oxygen atoms in total. The van der Waals surface area contributed by atoms with Gasteiger partial charge in [-0.05, 0) is 22.0 Å². The Bertz CT molecular complexity index is 603. The number of halogens is 2. The first-order valence-electron chi connectivity index (χ1n) is 5.25. The van der Waals surface area contributed by atoms with Crippen LogP contribution in [0.2, 0.25) is 0 Å². The van der Waals surface area contributed by atoms with E-state index < -0.39 is 5.82 Å². The summed E-state index contributed by atoms with van der Waals surface area (Å²) in [6, 6.07) is 1.25.